The minimum atomic E-state index is -0.214. The minimum Gasteiger partial charge on any atom is -0.493 e. The number of carbonyl (C=O) groups is 1. The van der Waals surface area contributed by atoms with Crippen LogP contribution in [0.5, 0.6) is 17.2 Å². The first-order valence-corrected chi connectivity index (χ1v) is 9.34. The van der Waals surface area contributed by atoms with Crippen LogP contribution in [0.3, 0.4) is 0 Å². The third kappa shape index (κ3) is 5.06. The number of ether oxygens (including phenoxy) is 3. The van der Waals surface area contributed by atoms with Crippen molar-refractivity contribution in [1.82, 2.24) is 5.32 Å². The molecule has 0 heterocycles. The SMILES string of the molecule is COc1ccc(C(=O)NCCSc2ccc(Br)cc2)c(OC)c1OC. The highest BCUT2D eigenvalue weighted by Crippen LogP contribution is 2.39. The maximum atomic E-state index is 12.4. The van der Waals surface area contributed by atoms with Gasteiger partial charge in [0.25, 0.3) is 5.91 Å². The second-order valence-corrected chi connectivity index (χ2v) is 7.02. The number of nitrogens with one attached hydrogen (secondary N) is 1. The van der Waals surface area contributed by atoms with Gasteiger partial charge in [0.15, 0.2) is 11.5 Å². The molecule has 0 unspecified atom stereocenters. The van der Waals surface area contributed by atoms with E-state index in [4.69, 9.17) is 14.2 Å². The first-order chi connectivity index (χ1) is 12.1. The zero-order valence-corrected chi connectivity index (χ0v) is 16.7. The molecular weight excluding hydrogens is 406 g/mol. The molecule has 0 radical (unpaired) electrons. The summed E-state index contributed by atoms with van der Waals surface area (Å²) in [5.41, 5.74) is 0.411. The van der Waals surface area contributed by atoms with Crippen LogP contribution in [0.25, 0.3) is 0 Å². The van der Waals surface area contributed by atoms with Crippen LogP contribution in [-0.2, 0) is 0 Å². The van der Waals surface area contributed by atoms with E-state index < -0.39 is 0 Å². The van der Waals surface area contributed by atoms with Crippen LogP contribution in [0.15, 0.2) is 45.8 Å². The maximum Gasteiger partial charge on any atom is 0.255 e. The van der Waals surface area contributed by atoms with Crippen LogP contribution in [0.1, 0.15) is 10.4 Å². The average molecular weight is 426 g/mol. The van der Waals surface area contributed by atoms with Crippen LogP contribution in [0.2, 0.25) is 0 Å². The summed E-state index contributed by atoms with van der Waals surface area (Å²) in [6.07, 6.45) is 0. The Hall–Kier alpha value is -1.86. The Morgan fingerprint density at radius 2 is 1.68 bits per heavy atom. The molecular formula is C18H20BrNO4S. The summed E-state index contributed by atoms with van der Waals surface area (Å²) in [5, 5.41) is 2.90. The van der Waals surface area contributed by atoms with Crippen molar-refractivity contribution < 1.29 is 19.0 Å². The van der Waals surface area contributed by atoms with E-state index in [0.717, 1.165) is 15.1 Å². The van der Waals surface area contributed by atoms with Crippen LogP contribution in [-0.4, -0.2) is 39.5 Å². The Kier molecular flexibility index (Phi) is 7.46. The third-order valence-electron chi connectivity index (χ3n) is 3.42. The molecule has 0 aromatic heterocycles. The van der Waals surface area contributed by atoms with Crippen molar-refractivity contribution in [1.29, 1.82) is 0 Å². The fourth-order valence-electron chi connectivity index (χ4n) is 2.24. The zero-order valence-electron chi connectivity index (χ0n) is 14.3. The van der Waals surface area contributed by atoms with Crippen molar-refractivity contribution in [2.75, 3.05) is 33.6 Å². The van der Waals surface area contributed by atoms with E-state index in [2.05, 4.69) is 21.2 Å². The van der Waals surface area contributed by atoms with Crippen LogP contribution >= 0.6 is 27.7 Å². The lowest BCUT2D eigenvalue weighted by atomic mass is 10.1. The first kappa shape index (κ1) is 19.5. The molecule has 0 fully saturated rings. The van der Waals surface area contributed by atoms with Crippen LogP contribution in [0.4, 0.5) is 0 Å². The Morgan fingerprint density at radius 3 is 2.28 bits per heavy atom. The van der Waals surface area contributed by atoms with Gasteiger partial charge in [-0.1, -0.05) is 15.9 Å². The van der Waals surface area contributed by atoms with Crippen molar-refractivity contribution in [2.45, 2.75) is 4.90 Å². The lowest BCUT2D eigenvalue weighted by Crippen LogP contribution is -2.26. The maximum absolute atomic E-state index is 12.4. The van der Waals surface area contributed by atoms with Crippen molar-refractivity contribution in [3.8, 4) is 17.2 Å². The van der Waals surface area contributed by atoms with Crippen molar-refractivity contribution in [2.24, 2.45) is 0 Å². The molecule has 0 saturated heterocycles. The molecule has 0 spiro atoms. The van der Waals surface area contributed by atoms with Gasteiger partial charge < -0.3 is 19.5 Å². The number of carbonyl (C=O) groups excluding carboxylic acids is 1. The number of amides is 1. The standard InChI is InChI=1S/C18H20BrNO4S/c1-22-15-9-8-14(16(23-2)17(15)24-3)18(21)20-10-11-25-13-6-4-12(19)5-7-13/h4-9H,10-11H2,1-3H3,(H,20,21). The molecule has 2 rings (SSSR count). The zero-order chi connectivity index (χ0) is 18.2. The van der Waals surface area contributed by atoms with E-state index in [1.54, 1.807) is 23.9 Å². The monoisotopic (exact) mass is 425 g/mol. The Labute approximate surface area is 160 Å². The molecule has 0 saturated carbocycles. The van der Waals surface area contributed by atoms with E-state index in [-0.39, 0.29) is 5.91 Å². The van der Waals surface area contributed by atoms with Gasteiger partial charge >= 0.3 is 0 Å². The van der Waals surface area contributed by atoms with E-state index in [1.807, 2.05) is 24.3 Å². The predicted octanol–water partition coefficient (Wildman–Crippen LogP) is 4.00. The Bertz CT molecular complexity index is 722. The molecule has 2 aromatic rings. The smallest absolute Gasteiger partial charge is 0.255 e. The fraction of sp³-hybridized carbons (Fsp3) is 0.278. The van der Waals surface area contributed by atoms with Crippen molar-refractivity contribution >= 4 is 33.6 Å². The molecule has 0 aliphatic heterocycles. The number of halogens is 1. The number of rotatable bonds is 8. The van der Waals surface area contributed by atoms with Gasteiger partial charge in [0.2, 0.25) is 5.75 Å². The van der Waals surface area contributed by atoms with Gasteiger partial charge in [0.1, 0.15) is 0 Å². The highest BCUT2D eigenvalue weighted by Gasteiger charge is 2.20. The normalized spacial score (nSPS) is 10.2. The molecule has 0 aliphatic carbocycles. The summed E-state index contributed by atoms with van der Waals surface area (Å²) < 4.78 is 16.9. The predicted molar refractivity (Wildman–Crippen MR) is 103 cm³/mol. The number of methoxy groups -OCH3 is 3. The van der Waals surface area contributed by atoms with Gasteiger partial charge in [-0.25, -0.2) is 0 Å². The van der Waals surface area contributed by atoms with Gasteiger partial charge in [-0.15, -0.1) is 11.8 Å². The number of benzene rings is 2. The highest BCUT2D eigenvalue weighted by atomic mass is 79.9. The van der Waals surface area contributed by atoms with Crippen LogP contribution in [0, 0.1) is 0 Å². The quantitative estimate of drug-likeness (QED) is 0.511. The molecule has 1 amide bonds. The number of thioether (sulfide) groups is 1. The number of hydrogen-bond donors (Lipinski definition) is 1. The molecule has 7 heteroatoms. The summed E-state index contributed by atoms with van der Waals surface area (Å²) >= 11 is 5.09. The summed E-state index contributed by atoms with van der Waals surface area (Å²) in [6, 6.07) is 11.4. The minimum absolute atomic E-state index is 0.214. The van der Waals surface area contributed by atoms with Gasteiger partial charge in [0, 0.05) is 21.7 Å². The van der Waals surface area contributed by atoms with Gasteiger partial charge in [-0.05, 0) is 36.4 Å². The topological polar surface area (TPSA) is 56.8 Å². The molecule has 1 N–H and O–H groups in total. The lowest BCUT2D eigenvalue weighted by molar-refractivity contribution is 0.0952. The van der Waals surface area contributed by atoms with Gasteiger partial charge in [0.05, 0.1) is 26.9 Å². The largest absolute Gasteiger partial charge is 0.493 e. The second kappa shape index (κ2) is 9.58. The lowest BCUT2D eigenvalue weighted by Gasteiger charge is -2.15. The van der Waals surface area contributed by atoms with E-state index in [9.17, 15) is 4.79 Å². The van der Waals surface area contributed by atoms with E-state index in [1.165, 1.54) is 21.3 Å². The third-order valence-corrected chi connectivity index (χ3v) is 4.96. The molecule has 5 nitrogen and oxygen atoms in total. The average Bonchev–Trinajstić information content (AvgIpc) is 2.64. The van der Waals surface area contributed by atoms with E-state index >= 15 is 0 Å². The summed E-state index contributed by atoms with van der Waals surface area (Å²) in [5.74, 6) is 1.83. The molecule has 2 aromatic carbocycles. The molecule has 0 bridgehead atoms. The number of hydrogen-bond acceptors (Lipinski definition) is 5. The van der Waals surface area contributed by atoms with Crippen LogP contribution < -0.4 is 19.5 Å². The highest BCUT2D eigenvalue weighted by molar-refractivity contribution is 9.10. The molecule has 134 valence electrons. The fourth-order valence-corrected chi connectivity index (χ4v) is 3.27. The summed E-state index contributed by atoms with van der Waals surface area (Å²) in [6.45, 7) is 0.539. The van der Waals surface area contributed by atoms with Gasteiger partial charge in [-0.2, -0.15) is 0 Å². The summed E-state index contributed by atoms with van der Waals surface area (Å²) in [7, 11) is 4.55. The van der Waals surface area contributed by atoms with Gasteiger partial charge in [-0.3, -0.25) is 4.79 Å². The molecule has 25 heavy (non-hydrogen) atoms. The second-order valence-electron chi connectivity index (χ2n) is 4.94. The Balaban J connectivity index is 1.97. The Morgan fingerprint density at radius 1 is 1.00 bits per heavy atom. The summed E-state index contributed by atoms with van der Waals surface area (Å²) in [4.78, 5) is 13.6. The van der Waals surface area contributed by atoms with Crippen molar-refractivity contribution in [3.63, 3.8) is 0 Å². The molecule has 0 atom stereocenters. The van der Waals surface area contributed by atoms with Crippen molar-refractivity contribution in [3.05, 3.63) is 46.4 Å². The van der Waals surface area contributed by atoms with E-state index in [0.29, 0.717) is 29.4 Å². The molecule has 0 aliphatic rings. The first-order valence-electron chi connectivity index (χ1n) is 7.56.